The highest BCUT2D eigenvalue weighted by molar-refractivity contribution is 5.95. The van der Waals surface area contributed by atoms with Crippen molar-refractivity contribution in [1.29, 1.82) is 0 Å². The van der Waals surface area contributed by atoms with Crippen molar-refractivity contribution in [2.45, 2.75) is 64.3 Å². The van der Waals surface area contributed by atoms with Crippen molar-refractivity contribution in [2.24, 2.45) is 0 Å². The number of hydrogen-bond donors (Lipinski definition) is 5. The number of fused-ring (bicyclic) bond motifs is 1. The number of aromatic nitrogens is 1. The zero-order valence-electron chi connectivity index (χ0n) is 23.9. The Balaban J connectivity index is 1.65. The van der Waals surface area contributed by atoms with E-state index in [-0.39, 0.29) is 19.6 Å². The number of aryl methyl sites for hydroxylation is 1. The fraction of sp³-hybridized carbons (Fsp3) is 0.400. The van der Waals surface area contributed by atoms with Gasteiger partial charge in [0.2, 0.25) is 23.6 Å². The number of rotatable bonds is 14. The predicted octanol–water partition coefficient (Wildman–Crippen LogP) is 2.27. The number of hydroxylamine groups is 1. The quantitative estimate of drug-likeness (QED) is 0.189. The van der Waals surface area contributed by atoms with E-state index in [1.807, 2.05) is 60.8 Å². The van der Waals surface area contributed by atoms with Crippen molar-refractivity contribution in [3.63, 3.8) is 0 Å². The van der Waals surface area contributed by atoms with Crippen LogP contribution in [0, 0.1) is 0 Å². The number of amides is 4. The number of nitrogens with one attached hydrogen (secondary N) is 5. The summed E-state index contributed by atoms with van der Waals surface area (Å²) in [5.74, 6) is -2.18. The first-order valence-corrected chi connectivity index (χ1v) is 13.5. The van der Waals surface area contributed by atoms with Gasteiger partial charge in [-0.25, -0.2) is 5.48 Å². The maximum Gasteiger partial charge on any atom is 0.246 e. The van der Waals surface area contributed by atoms with Crippen LogP contribution in [0.5, 0.6) is 0 Å². The molecular formula is C30H39N5O6. The van der Waals surface area contributed by atoms with Gasteiger partial charge < -0.3 is 25.7 Å². The number of methoxy groups -OCH3 is 1. The van der Waals surface area contributed by atoms with E-state index >= 15 is 0 Å². The van der Waals surface area contributed by atoms with Crippen LogP contribution in [0.1, 0.15) is 44.7 Å². The summed E-state index contributed by atoms with van der Waals surface area (Å²) in [5, 5.41) is 9.07. The third-order valence-corrected chi connectivity index (χ3v) is 6.10. The van der Waals surface area contributed by atoms with Crippen molar-refractivity contribution in [3.8, 4) is 0 Å². The summed E-state index contributed by atoms with van der Waals surface area (Å²) in [6.07, 6.45) is 2.00. The molecule has 0 aliphatic rings. The third-order valence-electron chi connectivity index (χ3n) is 6.10. The zero-order chi connectivity index (χ0) is 29.8. The lowest BCUT2D eigenvalue weighted by molar-refractivity contribution is -0.147. The van der Waals surface area contributed by atoms with Gasteiger partial charge in [-0.05, 0) is 50.5 Å². The van der Waals surface area contributed by atoms with E-state index in [9.17, 15) is 19.2 Å². The first-order valence-electron chi connectivity index (χ1n) is 13.5. The van der Waals surface area contributed by atoms with E-state index < -0.39 is 47.7 Å². The van der Waals surface area contributed by atoms with Crippen molar-refractivity contribution < 1.29 is 28.8 Å². The Bertz CT molecular complexity index is 1320. The highest BCUT2D eigenvalue weighted by Crippen LogP contribution is 2.17. The second-order valence-electron chi connectivity index (χ2n) is 10.6. The van der Waals surface area contributed by atoms with Crippen LogP contribution in [0.4, 0.5) is 0 Å². The van der Waals surface area contributed by atoms with E-state index in [0.29, 0.717) is 6.42 Å². The molecule has 41 heavy (non-hydrogen) atoms. The zero-order valence-corrected chi connectivity index (χ0v) is 23.9. The van der Waals surface area contributed by atoms with Gasteiger partial charge in [-0.15, -0.1) is 0 Å². The number of benzene rings is 2. The Hall–Kier alpha value is -4.22. The number of carbonyl (C=O) groups excluding carboxylic acids is 4. The summed E-state index contributed by atoms with van der Waals surface area (Å²) >= 11 is 0. The molecule has 0 aliphatic carbocycles. The third kappa shape index (κ3) is 10.4. The molecule has 0 radical (unpaired) electrons. The second-order valence-corrected chi connectivity index (χ2v) is 10.6. The molecule has 1 heterocycles. The minimum Gasteiger partial charge on any atom is -0.382 e. The standard InChI is InChI=1S/C30H39N5O6/c1-30(2,3)41-35-27(37)17-24(33-26(36)14-13-20-9-6-5-7-10-20)29(39)34-25(19-40-4)28(38)32-18-21-11-8-12-23-22(21)15-16-31-23/h5-12,15-16,24-25,31H,13-14,17-19H2,1-4H3,(H,32,38)(H,33,36)(H,34,39)(H,35,37)/t24?,25-/m0/s1. The highest BCUT2D eigenvalue weighted by atomic mass is 16.7. The van der Waals surface area contributed by atoms with E-state index in [4.69, 9.17) is 9.57 Å². The first-order chi connectivity index (χ1) is 19.6. The van der Waals surface area contributed by atoms with E-state index in [1.54, 1.807) is 20.8 Å². The summed E-state index contributed by atoms with van der Waals surface area (Å²) in [4.78, 5) is 60.1. The molecule has 2 atom stereocenters. The number of ether oxygens (including phenoxy) is 1. The Kier molecular flexibility index (Phi) is 11.4. The molecule has 0 bridgehead atoms. The molecule has 2 aromatic carbocycles. The summed E-state index contributed by atoms with van der Waals surface area (Å²) < 4.78 is 5.17. The Labute approximate surface area is 239 Å². The topological polar surface area (TPSA) is 151 Å². The van der Waals surface area contributed by atoms with Gasteiger partial charge in [0, 0.05) is 37.2 Å². The van der Waals surface area contributed by atoms with Crippen LogP contribution in [-0.4, -0.2) is 60.0 Å². The summed E-state index contributed by atoms with van der Waals surface area (Å²) in [6.45, 7) is 5.39. The van der Waals surface area contributed by atoms with Crippen LogP contribution in [0.25, 0.3) is 10.9 Å². The molecule has 11 heteroatoms. The number of H-pyrrole nitrogens is 1. The molecule has 0 aliphatic heterocycles. The van der Waals surface area contributed by atoms with Gasteiger partial charge in [0.15, 0.2) is 0 Å². The molecule has 3 aromatic rings. The molecular weight excluding hydrogens is 526 g/mol. The minimum atomic E-state index is -1.25. The lowest BCUT2D eigenvalue weighted by Crippen LogP contribution is -2.56. The maximum absolute atomic E-state index is 13.3. The molecule has 4 amide bonds. The van der Waals surface area contributed by atoms with Crippen LogP contribution < -0.4 is 21.4 Å². The van der Waals surface area contributed by atoms with Gasteiger partial charge in [0.1, 0.15) is 12.1 Å². The van der Waals surface area contributed by atoms with Crippen LogP contribution in [0.3, 0.4) is 0 Å². The van der Waals surface area contributed by atoms with E-state index in [0.717, 1.165) is 22.0 Å². The van der Waals surface area contributed by atoms with Crippen LogP contribution in [0.2, 0.25) is 0 Å². The van der Waals surface area contributed by atoms with Gasteiger partial charge in [-0.3, -0.25) is 24.0 Å². The van der Waals surface area contributed by atoms with Gasteiger partial charge in [-0.1, -0.05) is 42.5 Å². The van der Waals surface area contributed by atoms with E-state index in [1.165, 1.54) is 7.11 Å². The predicted molar refractivity (Wildman–Crippen MR) is 154 cm³/mol. The Morgan fingerprint density at radius 2 is 1.63 bits per heavy atom. The van der Waals surface area contributed by atoms with Crippen molar-refractivity contribution in [2.75, 3.05) is 13.7 Å². The van der Waals surface area contributed by atoms with Gasteiger partial charge in [0.05, 0.1) is 18.6 Å². The lowest BCUT2D eigenvalue weighted by atomic mass is 10.1. The van der Waals surface area contributed by atoms with Crippen molar-refractivity contribution in [3.05, 3.63) is 71.9 Å². The lowest BCUT2D eigenvalue weighted by Gasteiger charge is -2.24. The van der Waals surface area contributed by atoms with Crippen LogP contribution in [0.15, 0.2) is 60.8 Å². The van der Waals surface area contributed by atoms with Crippen molar-refractivity contribution >= 4 is 34.5 Å². The molecule has 0 saturated heterocycles. The van der Waals surface area contributed by atoms with Crippen LogP contribution >= 0.6 is 0 Å². The number of carbonyl (C=O) groups is 4. The van der Waals surface area contributed by atoms with Crippen molar-refractivity contribution in [1.82, 2.24) is 26.4 Å². The van der Waals surface area contributed by atoms with Crippen LogP contribution in [-0.2, 0) is 41.7 Å². The average molecular weight is 566 g/mol. The highest BCUT2D eigenvalue weighted by Gasteiger charge is 2.29. The van der Waals surface area contributed by atoms with Gasteiger partial charge in [0.25, 0.3) is 0 Å². The minimum absolute atomic E-state index is 0.111. The first kappa shape index (κ1) is 31.3. The largest absolute Gasteiger partial charge is 0.382 e. The Morgan fingerprint density at radius 3 is 2.34 bits per heavy atom. The molecule has 220 valence electrons. The van der Waals surface area contributed by atoms with E-state index in [2.05, 4.69) is 26.4 Å². The summed E-state index contributed by atoms with van der Waals surface area (Å²) in [5.41, 5.74) is 4.47. The number of hydrogen-bond acceptors (Lipinski definition) is 6. The van der Waals surface area contributed by atoms with Gasteiger partial charge in [-0.2, -0.15) is 0 Å². The smallest absolute Gasteiger partial charge is 0.246 e. The maximum atomic E-state index is 13.3. The SMILES string of the molecule is COC[C@H](NC(=O)C(CC(=O)NOC(C)(C)C)NC(=O)CCc1ccccc1)C(=O)NCc1cccc2[nH]ccc12. The number of aromatic amines is 1. The normalized spacial score (nSPS) is 12.8. The fourth-order valence-corrected chi connectivity index (χ4v) is 4.05. The second kappa shape index (κ2) is 15.0. The molecule has 1 unspecified atom stereocenters. The summed E-state index contributed by atoms with van der Waals surface area (Å²) in [6, 6.07) is 14.8. The molecule has 0 spiro atoms. The molecule has 3 rings (SSSR count). The fourth-order valence-electron chi connectivity index (χ4n) is 4.05. The molecule has 0 saturated carbocycles. The molecule has 5 N–H and O–H groups in total. The molecule has 11 nitrogen and oxygen atoms in total. The monoisotopic (exact) mass is 565 g/mol. The summed E-state index contributed by atoms with van der Waals surface area (Å²) in [7, 11) is 1.41. The van der Waals surface area contributed by atoms with Gasteiger partial charge >= 0.3 is 0 Å². The average Bonchev–Trinajstić information content (AvgIpc) is 3.43. The molecule has 0 fully saturated rings. The molecule has 1 aromatic heterocycles. The Morgan fingerprint density at radius 1 is 0.878 bits per heavy atom.